The summed E-state index contributed by atoms with van der Waals surface area (Å²) in [5.41, 5.74) is 2.02. The van der Waals surface area contributed by atoms with Crippen LogP contribution in [0.3, 0.4) is 0 Å². The van der Waals surface area contributed by atoms with E-state index in [4.69, 9.17) is 4.74 Å². The van der Waals surface area contributed by atoms with Crippen molar-refractivity contribution in [2.75, 3.05) is 26.8 Å². The molecule has 4 nitrogen and oxygen atoms in total. The molecule has 0 atom stereocenters. The Morgan fingerprint density at radius 3 is 2.67 bits per heavy atom. The minimum absolute atomic E-state index is 0.0626. The largest absolute Gasteiger partial charge is 0.383 e. The van der Waals surface area contributed by atoms with Crippen LogP contribution in [-0.2, 0) is 17.7 Å². The van der Waals surface area contributed by atoms with E-state index in [0.717, 1.165) is 36.1 Å². The number of amides is 1. The fourth-order valence-corrected chi connectivity index (χ4v) is 3.18. The zero-order valence-electron chi connectivity index (χ0n) is 14.4. The van der Waals surface area contributed by atoms with Crippen LogP contribution in [0.15, 0.2) is 47.1 Å². The third kappa shape index (κ3) is 5.21. The summed E-state index contributed by atoms with van der Waals surface area (Å²) in [5.74, 6) is 0.0626. The van der Waals surface area contributed by atoms with Crippen LogP contribution in [0.4, 0.5) is 0 Å². The van der Waals surface area contributed by atoms with Gasteiger partial charge in [0.05, 0.1) is 6.61 Å². The van der Waals surface area contributed by atoms with E-state index in [-0.39, 0.29) is 5.91 Å². The maximum atomic E-state index is 12.9. The number of methoxy groups -OCH3 is 1. The topological polar surface area (TPSA) is 34.5 Å². The second kappa shape index (κ2) is 9.64. The summed E-state index contributed by atoms with van der Waals surface area (Å²) >= 11 is 3.46. The first-order chi connectivity index (χ1) is 11.7. The van der Waals surface area contributed by atoms with Crippen molar-refractivity contribution in [2.45, 2.75) is 26.3 Å². The maximum Gasteiger partial charge on any atom is 0.270 e. The molecule has 2 aromatic rings. The van der Waals surface area contributed by atoms with E-state index >= 15 is 0 Å². The van der Waals surface area contributed by atoms with E-state index in [1.807, 2.05) is 34.7 Å². The molecule has 1 aromatic carbocycles. The molecule has 0 spiro atoms. The summed E-state index contributed by atoms with van der Waals surface area (Å²) in [6.07, 6.45) is 3.86. The Morgan fingerprint density at radius 1 is 1.25 bits per heavy atom. The monoisotopic (exact) mass is 392 g/mol. The molecular formula is C19H25BrN2O2. The number of aromatic nitrogens is 1. The first-order valence-corrected chi connectivity index (χ1v) is 9.12. The van der Waals surface area contributed by atoms with Crippen molar-refractivity contribution < 1.29 is 9.53 Å². The number of carbonyl (C=O) groups is 1. The van der Waals surface area contributed by atoms with E-state index in [2.05, 4.69) is 40.2 Å². The molecule has 0 bridgehead atoms. The molecule has 130 valence electrons. The van der Waals surface area contributed by atoms with E-state index in [9.17, 15) is 4.79 Å². The lowest BCUT2D eigenvalue weighted by molar-refractivity contribution is 0.0683. The van der Waals surface area contributed by atoms with Gasteiger partial charge in [-0.2, -0.15) is 0 Å². The molecule has 0 fully saturated rings. The SMILES string of the molecule is CCn1cc(Br)cc1C(=O)N(CCCc1ccccc1)CCOC. The molecule has 0 unspecified atom stereocenters. The number of carbonyl (C=O) groups excluding carboxylic acids is 1. The van der Waals surface area contributed by atoms with Gasteiger partial charge >= 0.3 is 0 Å². The van der Waals surface area contributed by atoms with Crippen molar-refractivity contribution >= 4 is 21.8 Å². The fraction of sp³-hybridized carbons (Fsp3) is 0.421. The van der Waals surface area contributed by atoms with E-state index < -0.39 is 0 Å². The summed E-state index contributed by atoms with van der Waals surface area (Å²) in [5, 5.41) is 0. The van der Waals surface area contributed by atoms with Crippen LogP contribution in [0.1, 0.15) is 29.4 Å². The van der Waals surface area contributed by atoms with Gasteiger partial charge in [0.2, 0.25) is 0 Å². The van der Waals surface area contributed by atoms with Gasteiger partial charge in [0.25, 0.3) is 5.91 Å². The highest BCUT2D eigenvalue weighted by Crippen LogP contribution is 2.17. The van der Waals surface area contributed by atoms with Crippen LogP contribution >= 0.6 is 15.9 Å². The summed E-state index contributed by atoms with van der Waals surface area (Å²) in [4.78, 5) is 14.8. The first-order valence-electron chi connectivity index (χ1n) is 8.33. The molecular weight excluding hydrogens is 368 g/mol. The second-order valence-electron chi connectivity index (χ2n) is 5.70. The van der Waals surface area contributed by atoms with Gasteiger partial charge in [-0.25, -0.2) is 0 Å². The quantitative estimate of drug-likeness (QED) is 0.646. The molecule has 0 aliphatic carbocycles. The van der Waals surface area contributed by atoms with Crippen molar-refractivity contribution in [2.24, 2.45) is 0 Å². The second-order valence-corrected chi connectivity index (χ2v) is 6.62. The normalized spacial score (nSPS) is 10.8. The number of hydrogen-bond donors (Lipinski definition) is 0. The maximum absolute atomic E-state index is 12.9. The highest BCUT2D eigenvalue weighted by Gasteiger charge is 2.19. The minimum atomic E-state index is 0.0626. The number of nitrogens with zero attached hydrogens (tertiary/aromatic N) is 2. The molecule has 24 heavy (non-hydrogen) atoms. The minimum Gasteiger partial charge on any atom is -0.383 e. The molecule has 0 aliphatic heterocycles. The summed E-state index contributed by atoms with van der Waals surface area (Å²) in [6.45, 7) is 4.69. The molecule has 0 aliphatic rings. The summed E-state index contributed by atoms with van der Waals surface area (Å²) < 4.78 is 8.08. The zero-order chi connectivity index (χ0) is 17.4. The number of ether oxygens (including phenoxy) is 1. The van der Waals surface area contributed by atoms with Crippen LogP contribution < -0.4 is 0 Å². The first kappa shape index (κ1) is 18.7. The standard InChI is InChI=1S/C19H25BrN2O2/c1-3-21-15-17(20)14-18(21)19(23)22(12-13-24-2)11-7-10-16-8-5-4-6-9-16/h4-6,8-9,14-15H,3,7,10-13H2,1-2H3. The zero-order valence-corrected chi connectivity index (χ0v) is 16.0. The lowest BCUT2D eigenvalue weighted by Crippen LogP contribution is -2.36. The molecule has 0 saturated carbocycles. The van der Waals surface area contributed by atoms with Gasteiger partial charge in [-0.15, -0.1) is 0 Å². The predicted molar refractivity (Wildman–Crippen MR) is 100 cm³/mol. The number of halogens is 1. The molecule has 5 heteroatoms. The molecule has 0 radical (unpaired) electrons. The van der Waals surface area contributed by atoms with Crippen molar-refractivity contribution in [3.05, 3.63) is 58.3 Å². The Hall–Kier alpha value is -1.59. The smallest absolute Gasteiger partial charge is 0.270 e. The summed E-state index contributed by atoms with van der Waals surface area (Å²) in [7, 11) is 1.66. The predicted octanol–water partition coefficient (Wildman–Crippen LogP) is 3.99. The van der Waals surface area contributed by atoms with Crippen molar-refractivity contribution in [1.82, 2.24) is 9.47 Å². The van der Waals surface area contributed by atoms with Gasteiger partial charge in [-0.3, -0.25) is 4.79 Å². The van der Waals surface area contributed by atoms with Crippen LogP contribution in [0.2, 0.25) is 0 Å². The van der Waals surface area contributed by atoms with Crippen molar-refractivity contribution in [3.8, 4) is 0 Å². The Morgan fingerprint density at radius 2 is 2.00 bits per heavy atom. The van der Waals surface area contributed by atoms with Crippen molar-refractivity contribution in [1.29, 1.82) is 0 Å². The number of hydrogen-bond acceptors (Lipinski definition) is 2. The average Bonchev–Trinajstić information content (AvgIpc) is 2.99. The van der Waals surface area contributed by atoms with Gasteiger partial charge in [-0.1, -0.05) is 30.3 Å². The Bertz CT molecular complexity index is 640. The van der Waals surface area contributed by atoms with E-state index in [1.165, 1.54) is 5.56 Å². The average molecular weight is 393 g/mol. The van der Waals surface area contributed by atoms with Gasteiger partial charge in [0, 0.05) is 37.4 Å². The van der Waals surface area contributed by atoms with Crippen LogP contribution in [-0.4, -0.2) is 42.2 Å². The van der Waals surface area contributed by atoms with Gasteiger partial charge in [0.1, 0.15) is 5.69 Å². The number of benzene rings is 1. The lowest BCUT2D eigenvalue weighted by Gasteiger charge is -2.23. The van der Waals surface area contributed by atoms with Crippen LogP contribution in [0.5, 0.6) is 0 Å². The molecule has 1 heterocycles. The fourth-order valence-electron chi connectivity index (χ4n) is 2.71. The summed E-state index contributed by atoms with van der Waals surface area (Å²) in [6, 6.07) is 12.3. The van der Waals surface area contributed by atoms with Crippen LogP contribution in [0, 0.1) is 0 Å². The Labute approximate surface area is 152 Å². The van der Waals surface area contributed by atoms with E-state index in [1.54, 1.807) is 7.11 Å². The highest BCUT2D eigenvalue weighted by molar-refractivity contribution is 9.10. The Balaban J connectivity index is 2.02. The van der Waals surface area contributed by atoms with Gasteiger partial charge in [0.15, 0.2) is 0 Å². The van der Waals surface area contributed by atoms with Crippen LogP contribution in [0.25, 0.3) is 0 Å². The Kier molecular flexibility index (Phi) is 7.53. The van der Waals surface area contributed by atoms with E-state index in [0.29, 0.717) is 13.2 Å². The molecule has 2 rings (SSSR count). The molecule has 0 saturated heterocycles. The lowest BCUT2D eigenvalue weighted by atomic mass is 10.1. The third-order valence-electron chi connectivity index (χ3n) is 4.01. The molecule has 1 amide bonds. The number of aryl methyl sites for hydroxylation is 2. The van der Waals surface area contributed by atoms with Gasteiger partial charge in [-0.05, 0) is 47.3 Å². The van der Waals surface area contributed by atoms with Crippen molar-refractivity contribution in [3.63, 3.8) is 0 Å². The molecule has 1 aromatic heterocycles. The molecule has 0 N–H and O–H groups in total. The van der Waals surface area contributed by atoms with Gasteiger partial charge < -0.3 is 14.2 Å². The third-order valence-corrected chi connectivity index (χ3v) is 4.45. The number of rotatable bonds is 9. The highest BCUT2D eigenvalue weighted by atomic mass is 79.9.